The molecule has 1 heterocycles. The van der Waals surface area contributed by atoms with Crippen LogP contribution in [0.25, 0.3) is 0 Å². The van der Waals surface area contributed by atoms with Gasteiger partial charge in [0.1, 0.15) is 11.5 Å². The van der Waals surface area contributed by atoms with Gasteiger partial charge in [0.05, 0.1) is 0 Å². The van der Waals surface area contributed by atoms with Crippen molar-refractivity contribution in [3.05, 3.63) is 23.2 Å². The summed E-state index contributed by atoms with van der Waals surface area (Å²) in [5.74, 6) is 2.02. The molecule has 15 heavy (non-hydrogen) atoms. The molecule has 0 radical (unpaired) electrons. The molecule has 1 aromatic heterocycles. The number of nitrogens with zero attached hydrogens (tertiary/aromatic N) is 1. The van der Waals surface area contributed by atoms with Crippen LogP contribution in [0.5, 0.6) is 0 Å². The highest BCUT2D eigenvalue weighted by Crippen LogP contribution is 2.13. The summed E-state index contributed by atoms with van der Waals surface area (Å²) >= 11 is 0. The first-order chi connectivity index (χ1) is 6.99. The number of hydrogen-bond donors (Lipinski definition) is 1. The maximum Gasteiger partial charge on any atom is 0.105 e. The van der Waals surface area contributed by atoms with Gasteiger partial charge in [-0.15, -0.1) is 0 Å². The van der Waals surface area contributed by atoms with Crippen molar-refractivity contribution in [3.63, 3.8) is 0 Å². The lowest BCUT2D eigenvalue weighted by molar-refractivity contribution is 0.348. The van der Waals surface area contributed by atoms with Gasteiger partial charge in [0.25, 0.3) is 0 Å². The van der Waals surface area contributed by atoms with E-state index in [1.165, 1.54) is 5.56 Å². The summed E-state index contributed by atoms with van der Waals surface area (Å²) in [5.41, 5.74) is 1.26. The van der Waals surface area contributed by atoms with E-state index in [-0.39, 0.29) is 0 Å². The van der Waals surface area contributed by atoms with Gasteiger partial charge in [-0.25, -0.2) is 0 Å². The molecule has 0 amide bonds. The minimum Gasteiger partial charge on any atom is -0.466 e. The largest absolute Gasteiger partial charge is 0.466 e. The van der Waals surface area contributed by atoms with E-state index in [0.29, 0.717) is 6.04 Å². The predicted molar refractivity (Wildman–Crippen MR) is 63.0 cm³/mol. The zero-order chi connectivity index (χ0) is 11.4. The van der Waals surface area contributed by atoms with Crippen LogP contribution in [0.4, 0.5) is 0 Å². The summed E-state index contributed by atoms with van der Waals surface area (Å²) in [7, 11) is 4.18. The van der Waals surface area contributed by atoms with Crippen LogP contribution in [-0.4, -0.2) is 31.6 Å². The van der Waals surface area contributed by atoms with E-state index in [1.54, 1.807) is 0 Å². The minimum atomic E-state index is 0.495. The molecule has 0 saturated heterocycles. The van der Waals surface area contributed by atoms with E-state index in [4.69, 9.17) is 4.42 Å². The van der Waals surface area contributed by atoms with Crippen LogP contribution >= 0.6 is 0 Å². The molecule has 3 nitrogen and oxygen atoms in total. The highest BCUT2D eigenvalue weighted by atomic mass is 16.3. The third-order valence-electron chi connectivity index (χ3n) is 2.42. The fraction of sp³-hybridized carbons (Fsp3) is 0.667. The van der Waals surface area contributed by atoms with Crippen LogP contribution in [0, 0.1) is 13.8 Å². The summed E-state index contributed by atoms with van der Waals surface area (Å²) in [6.45, 7) is 8.14. The second kappa shape index (κ2) is 5.33. The molecule has 0 aromatic carbocycles. The second-order valence-electron chi connectivity index (χ2n) is 4.48. The van der Waals surface area contributed by atoms with E-state index in [1.807, 2.05) is 13.8 Å². The molecule has 1 N–H and O–H groups in total. The van der Waals surface area contributed by atoms with Gasteiger partial charge >= 0.3 is 0 Å². The zero-order valence-electron chi connectivity index (χ0n) is 10.4. The molecule has 3 heteroatoms. The van der Waals surface area contributed by atoms with Crippen molar-refractivity contribution in [1.29, 1.82) is 0 Å². The Bertz CT molecular complexity index is 305. The van der Waals surface area contributed by atoms with Crippen molar-refractivity contribution >= 4 is 0 Å². The standard InChI is InChI=1S/C12H22N2O/c1-9(8-14(4)5)13-7-12-6-10(2)15-11(12)3/h6,9,13H,7-8H2,1-5H3. The maximum absolute atomic E-state index is 5.48. The summed E-state index contributed by atoms with van der Waals surface area (Å²) in [5, 5.41) is 3.48. The van der Waals surface area contributed by atoms with E-state index >= 15 is 0 Å². The molecule has 1 atom stereocenters. The van der Waals surface area contributed by atoms with Crippen LogP contribution < -0.4 is 5.32 Å². The Morgan fingerprint density at radius 1 is 1.40 bits per heavy atom. The zero-order valence-corrected chi connectivity index (χ0v) is 10.4. The number of furan rings is 1. The Hall–Kier alpha value is -0.800. The average Bonchev–Trinajstić information content (AvgIpc) is 2.40. The summed E-state index contributed by atoms with van der Waals surface area (Å²) < 4.78 is 5.48. The molecule has 1 aromatic rings. The normalized spacial score (nSPS) is 13.5. The Morgan fingerprint density at radius 2 is 2.07 bits per heavy atom. The first-order valence-corrected chi connectivity index (χ1v) is 5.43. The third-order valence-corrected chi connectivity index (χ3v) is 2.42. The van der Waals surface area contributed by atoms with Gasteiger partial charge < -0.3 is 14.6 Å². The van der Waals surface area contributed by atoms with Gasteiger partial charge in [0, 0.05) is 24.7 Å². The molecule has 1 rings (SSSR count). The van der Waals surface area contributed by atoms with Crippen molar-refractivity contribution in [3.8, 4) is 0 Å². The molecule has 0 aliphatic rings. The lowest BCUT2D eigenvalue weighted by atomic mass is 10.2. The lowest BCUT2D eigenvalue weighted by Gasteiger charge is -2.17. The number of rotatable bonds is 5. The van der Waals surface area contributed by atoms with Gasteiger partial charge in [-0.1, -0.05) is 0 Å². The Morgan fingerprint density at radius 3 is 2.53 bits per heavy atom. The molecule has 0 aliphatic carbocycles. The molecule has 0 bridgehead atoms. The van der Waals surface area contributed by atoms with Crippen molar-refractivity contribution < 1.29 is 4.42 Å². The summed E-state index contributed by atoms with van der Waals surface area (Å²) in [6.07, 6.45) is 0. The molecule has 0 aliphatic heterocycles. The van der Waals surface area contributed by atoms with Gasteiger partial charge in [0.2, 0.25) is 0 Å². The van der Waals surface area contributed by atoms with Crippen molar-refractivity contribution in [1.82, 2.24) is 10.2 Å². The fourth-order valence-electron chi connectivity index (χ4n) is 1.76. The molecule has 0 saturated carbocycles. The van der Waals surface area contributed by atoms with Crippen LogP contribution in [0.2, 0.25) is 0 Å². The van der Waals surface area contributed by atoms with E-state index in [9.17, 15) is 0 Å². The Balaban J connectivity index is 2.40. The highest BCUT2D eigenvalue weighted by Gasteiger charge is 2.07. The highest BCUT2D eigenvalue weighted by molar-refractivity contribution is 5.19. The molecule has 0 fully saturated rings. The maximum atomic E-state index is 5.48. The number of nitrogens with one attached hydrogen (secondary N) is 1. The van der Waals surface area contributed by atoms with E-state index < -0.39 is 0 Å². The second-order valence-corrected chi connectivity index (χ2v) is 4.48. The first-order valence-electron chi connectivity index (χ1n) is 5.43. The molecule has 0 spiro atoms. The monoisotopic (exact) mass is 210 g/mol. The predicted octanol–water partition coefficient (Wildman–Crippen LogP) is 1.94. The summed E-state index contributed by atoms with van der Waals surface area (Å²) in [4.78, 5) is 2.19. The topological polar surface area (TPSA) is 28.4 Å². The Kier molecular flexibility index (Phi) is 4.36. The average molecular weight is 210 g/mol. The number of hydrogen-bond acceptors (Lipinski definition) is 3. The molecular formula is C12H22N2O. The molecule has 86 valence electrons. The fourth-order valence-corrected chi connectivity index (χ4v) is 1.76. The van der Waals surface area contributed by atoms with E-state index in [0.717, 1.165) is 24.6 Å². The van der Waals surface area contributed by atoms with Crippen LogP contribution in [0.1, 0.15) is 24.0 Å². The SMILES string of the molecule is Cc1cc(CNC(C)CN(C)C)c(C)o1. The molecule has 1 unspecified atom stereocenters. The Labute approximate surface area is 92.5 Å². The third kappa shape index (κ3) is 4.06. The number of aryl methyl sites for hydroxylation is 2. The van der Waals surface area contributed by atoms with Crippen LogP contribution in [0.3, 0.4) is 0 Å². The van der Waals surface area contributed by atoms with Gasteiger partial charge in [-0.05, 0) is 40.9 Å². The van der Waals surface area contributed by atoms with Crippen molar-refractivity contribution in [2.45, 2.75) is 33.4 Å². The van der Waals surface area contributed by atoms with Crippen molar-refractivity contribution in [2.75, 3.05) is 20.6 Å². The quantitative estimate of drug-likeness (QED) is 0.805. The summed E-state index contributed by atoms with van der Waals surface area (Å²) in [6, 6.07) is 2.60. The van der Waals surface area contributed by atoms with Gasteiger partial charge in [-0.3, -0.25) is 0 Å². The number of likely N-dealkylation sites (N-methyl/N-ethyl adjacent to an activating group) is 1. The van der Waals surface area contributed by atoms with Crippen LogP contribution in [0.15, 0.2) is 10.5 Å². The first kappa shape index (κ1) is 12.3. The van der Waals surface area contributed by atoms with E-state index in [2.05, 4.69) is 37.3 Å². The smallest absolute Gasteiger partial charge is 0.105 e. The van der Waals surface area contributed by atoms with Crippen LogP contribution in [-0.2, 0) is 6.54 Å². The molecular weight excluding hydrogens is 188 g/mol. The van der Waals surface area contributed by atoms with Crippen molar-refractivity contribution in [2.24, 2.45) is 0 Å². The minimum absolute atomic E-state index is 0.495. The lowest BCUT2D eigenvalue weighted by Crippen LogP contribution is -2.35. The van der Waals surface area contributed by atoms with Gasteiger partial charge in [0.15, 0.2) is 0 Å². The van der Waals surface area contributed by atoms with Gasteiger partial charge in [-0.2, -0.15) is 0 Å².